The molecule has 0 unspecified atom stereocenters. The molecule has 28 heavy (non-hydrogen) atoms. The smallest absolute Gasteiger partial charge is 0.278 e. The van der Waals surface area contributed by atoms with Gasteiger partial charge < -0.3 is 11.1 Å². The topological polar surface area (TPSA) is 103 Å². The summed E-state index contributed by atoms with van der Waals surface area (Å²) < 4.78 is 1.69. The molecule has 144 valence electrons. The Labute approximate surface area is 166 Å². The molecular weight excluding hydrogens is 374 g/mol. The van der Waals surface area contributed by atoms with Crippen molar-refractivity contribution in [1.82, 2.24) is 15.0 Å². The van der Waals surface area contributed by atoms with E-state index in [1.54, 1.807) is 4.68 Å². The summed E-state index contributed by atoms with van der Waals surface area (Å²) in [5, 5.41) is 11.5. The van der Waals surface area contributed by atoms with Crippen LogP contribution in [-0.2, 0) is 19.4 Å². The molecule has 1 aromatic carbocycles. The van der Waals surface area contributed by atoms with Crippen molar-refractivity contribution in [3.63, 3.8) is 0 Å². The molecule has 0 aliphatic heterocycles. The van der Waals surface area contributed by atoms with Gasteiger partial charge in [0.05, 0.1) is 17.8 Å². The molecule has 0 atom stereocenters. The molecule has 0 bridgehead atoms. The number of rotatable bonds is 5. The minimum Gasteiger partial charge on any atom is -0.365 e. The average Bonchev–Trinajstić information content (AvgIpc) is 3.23. The van der Waals surface area contributed by atoms with E-state index in [9.17, 15) is 9.59 Å². The van der Waals surface area contributed by atoms with Crippen molar-refractivity contribution >= 4 is 28.2 Å². The number of carbonyl (C=O) groups excluding carboxylic acids is 2. The van der Waals surface area contributed by atoms with Crippen molar-refractivity contribution in [2.24, 2.45) is 5.73 Å². The summed E-state index contributed by atoms with van der Waals surface area (Å²) in [5.41, 5.74) is 9.03. The molecule has 0 saturated carbocycles. The number of anilines is 1. The zero-order chi connectivity index (χ0) is 19.7. The second-order valence-corrected chi connectivity index (χ2v) is 8.01. The van der Waals surface area contributed by atoms with E-state index >= 15 is 0 Å². The standard InChI is InChI=1S/C20H21N5O2S/c1-12-17(23-24-25(12)11-13-7-3-2-4-8-13)19(27)22-20-16(18(21)26)14-9-5-6-10-15(14)28-20/h2-4,7-8H,5-6,9-11H2,1H3,(H2,21,26)(H,22,27). The molecule has 3 aromatic rings. The molecule has 2 aromatic heterocycles. The van der Waals surface area contributed by atoms with E-state index in [2.05, 4.69) is 15.6 Å². The van der Waals surface area contributed by atoms with Crippen LogP contribution >= 0.6 is 11.3 Å². The van der Waals surface area contributed by atoms with Crippen LogP contribution in [0.25, 0.3) is 0 Å². The Morgan fingerprint density at radius 2 is 1.96 bits per heavy atom. The number of thiophene rings is 1. The molecule has 0 radical (unpaired) electrons. The van der Waals surface area contributed by atoms with E-state index in [0.717, 1.165) is 41.7 Å². The Kier molecular flexibility index (Phi) is 4.95. The third-order valence-electron chi connectivity index (χ3n) is 5.02. The van der Waals surface area contributed by atoms with Gasteiger partial charge in [0.25, 0.3) is 11.8 Å². The molecule has 0 saturated heterocycles. The summed E-state index contributed by atoms with van der Waals surface area (Å²) in [6.07, 6.45) is 3.87. The number of nitrogens with two attached hydrogens (primary N) is 1. The van der Waals surface area contributed by atoms with Crippen LogP contribution in [0.15, 0.2) is 30.3 Å². The SMILES string of the molecule is Cc1c(C(=O)Nc2sc3c(c2C(N)=O)CCCC3)nnn1Cc1ccccc1. The minimum absolute atomic E-state index is 0.248. The third kappa shape index (κ3) is 3.43. The predicted octanol–water partition coefficient (Wildman–Crippen LogP) is 2.93. The molecule has 7 nitrogen and oxygen atoms in total. The van der Waals surface area contributed by atoms with Crippen molar-refractivity contribution < 1.29 is 9.59 Å². The van der Waals surface area contributed by atoms with Crippen LogP contribution in [-0.4, -0.2) is 26.8 Å². The molecule has 1 aliphatic rings. The molecule has 2 heterocycles. The second kappa shape index (κ2) is 7.55. The maximum absolute atomic E-state index is 12.8. The first kappa shape index (κ1) is 18.4. The Morgan fingerprint density at radius 3 is 2.71 bits per heavy atom. The highest BCUT2D eigenvalue weighted by Gasteiger charge is 2.26. The maximum Gasteiger partial charge on any atom is 0.278 e. The first-order chi connectivity index (χ1) is 13.5. The number of fused-ring (bicyclic) bond motifs is 1. The summed E-state index contributed by atoms with van der Waals surface area (Å²) in [6, 6.07) is 9.86. The Hall–Kier alpha value is -3.00. The summed E-state index contributed by atoms with van der Waals surface area (Å²) in [6.45, 7) is 2.35. The van der Waals surface area contributed by atoms with Crippen molar-refractivity contribution in [3.8, 4) is 0 Å². The normalized spacial score (nSPS) is 13.2. The fraction of sp³-hybridized carbons (Fsp3) is 0.300. The number of nitrogens with zero attached hydrogens (tertiary/aromatic N) is 3. The highest BCUT2D eigenvalue weighted by atomic mass is 32.1. The number of benzene rings is 1. The first-order valence-electron chi connectivity index (χ1n) is 9.24. The lowest BCUT2D eigenvalue weighted by atomic mass is 9.95. The van der Waals surface area contributed by atoms with Gasteiger partial charge in [0, 0.05) is 4.88 Å². The first-order valence-corrected chi connectivity index (χ1v) is 10.1. The van der Waals surface area contributed by atoms with Gasteiger partial charge in [0.2, 0.25) is 0 Å². The lowest BCUT2D eigenvalue weighted by molar-refractivity contribution is 0.100. The number of aromatic nitrogens is 3. The molecule has 4 rings (SSSR count). The van der Waals surface area contributed by atoms with E-state index in [0.29, 0.717) is 22.8 Å². The highest BCUT2D eigenvalue weighted by Crippen LogP contribution is 2.38. The third-order valence-corrected chi connectivity index (χ3v) is 6.22. The molecular formula is C20H21N5O2S. The van der Waals surface area contributed by atoms with Gasteiger partial charge in [-0.3, -0.25) is 9.59 Å². The zero-order valence-corrected chi connectivity index (χ0v) is 16.4. The van der Waals surface area contributed by atoms with Crippen LogP contribution in [0.3, 0.4) is 0 Å². The van der Waals surface area contributed by atoms with Crippen molar-refractivity contribution in [2.45, 2.75) is 39.2 Å². The van der Waals surface area contributed by atoms with Crippen LogP contribution in [0.5, 0.6) is 0 Å². The fourth-order valence-corrected chi connectivity index (χ4v) is 4.84. The fourth-order valence-electron chi connectivity index (χ4n) is 3.55. The van der Waals surface area contributed by atoms with Crippen LogP contribution in [0.2, 0.25) is 0 Å². The van der Waals surface area contributed by atoms with Gasteiger partial charge in [0.15, 0.2) is 5.69 Å². The van der Waals surface area contributed by atoms with E-state index in [4.69, 9.17) is 5.73 Å². The molecule has 0 fully saturated rings. The van der Waals surface area contributed by atoms with E-state index < -0.39 is 5.91 Å². The number of amides is 2. The molecule has 8 heteroatoms. The van der Waals surface area contributed by atoms with E-state index in [-0.39, 0.29) is 11.6 Å². The monoisotopic (exact) mass is 395 g/mol. The maximum atomic E-state index is 12.8. The van der Waals surface area contributed by atoms with E-state index in [1.807, 2.05) is 37.3 Å². The van der Waals surface area contributed by atoms with Gasteiger partial charge in [0.1, 0.15) is 5.00 Å². The number of carbonyl (C=O) groups is 2. The van der Waals surface area contributed by atoms with E-state index in [1.165, 1.54) is 11.3 Å². The Balaban J connectivity index is 1.58. The summed E-state index contributed by atoms with van der Waals surface area (Å²) >= 11 is 1.44. The van der Waals surface area contributed by atoms with Gasteiger partial charge >= 0.3 is 0 Å². The molecule has 3 N–H and O–H groups in total. The van der Waals surface area contributed by atoms with Gasteiger partial charge in [-0.15, -0.1) is 16.4 Å². The van der Waals surface area contributed by atoms with Crippen LogP contribution in [0.4, 0.5) is 5.00 Å². The zero-order valence-electron chi connectivity index (χ0n) is 15.6. The lowest BCUT2D eigenvalue weighted by Gasteiger charge is -2.11. The van der Waals surface area contributed by atoms with Crippen LogP contribution < -0.4 is 11.1 Å². The highest BCUT2D eigenvalue weighted by molar-refractivity contribution is 7.17. The predicted molar refractivity (Wildman–Crippen MR) is 108 cm³/mol. The lowest BCUT2D eigenvalue weighted by Crippen LogP contribution is -2.19. The number of primary amides is 1. The molecule has 0 spiro atoms. The number of nitrogens with one attached hydrogen (secondary N) is 1. The van der Waals surface area contributed by atoms with Crippen molar-refractivity contribution in [1.29, 1.82) is 0 Å². The second-order valence-electron chi connectivity index (χ2n) is 6.90. The Morgan fingerprint density at radius 1 is 1.21 bits per heavy atom. The number of hydrogen-bond acceptors (Lipinski definition) is 5. The summed E-state index contributed by atoms with van der Waals surface area (Å²) in [5.74, 6) is -0.878. The van der Waals surface area contributed by atoms with Gasteiger partial charge in [-0.1, -0.05) is 35.5 Å². The number of aryl methyl sites for hydroxylation is 1. The van der Waals surface area contributed by atoms with Gasteiger partial charge in [-0.25, -0.2) is 4.68 Å². The van der Waals surface area contributed by atoms with Crippen LogP contribution in [0, 0.1) is 6.92 Å². The van der Waals surface area contributed by atoms with Gasteiger partial charge in [-0.05, 0) is 43.7 Å². The number of hydrogen-bond donors (Lipinski definition) is 2. The van der Waals surface area contributed by atoms with Crippen molar-refractivity contribution in [3.05, 3.63) is 63.3 Å². The van der Waals surface area contributed by atoms with Crippen molar-refractivity contribution in [2.75, 3.05) is 5.32 Å². The van der Waals surface area contributed by atoms with Crippen LogP contribution in [0.1, 0.15) is 55.4 Å². The quantitative estimate of drug-likeness (QED) is 0.693. The Bertz CT molecular complexity index is 1040. The average molecular weight is 395 g/mol. The minimum atomic E-state index is -0.501. The largest absolute Gasteiger partial charge is 0.365 e. The summed E-state index contributed by atoms with van der Waals surface area (Å²) in [7, 11) is 0. The van der Waals surface area contributed by atoms with Gasteiger partial charge in [-0.2, -0.15) is 0 Å². The summed E-state index contributed by atoms with van der Waals surface area (Å²) in [4.78, 5) is 25.9. The molecule has 2 amide bonds. The molecule has 1 aliphatic carbocycles.